The molecule has 3 rings (SSSR count). The summed E-state index contributed by atoms with van der Waals surface area (Å²) in [6.45, 7) is 5.06. The zero-order valence-corrected chi connectivity index (χ0v) is 16.1. The van der Waals surface area contributed by atoms with Crippen molar-refractivity contribution in [1.29, 1.82) is 0 Å². The molecule has 1 aromatic heterocycles. The quantitative estimate of drug-likeness (QED) is 0.703. The number of nitrogens with zero attached hydrogens (tertiary/aromatic N) is 3. The van der Waals surface area contributed by atoms with E-state index in [1.54, 1.807) is 25.3 Å². The highest BCUT2D eigenvalue weighted by Crippen LogP contribution is 2.29. The lowest BCUT2D eigenvalue weighted by molar-refractivity contribution is 0.0398. The SMILES string of the molecule is COc1ccc(NC(=O)c2cnc(NCCN3CCOCC3)nc2)c(OC)c1. The molecule has 1 saturated heterocycles. The summed E-state index contributed by atoms with van der Waals surface area (Å²) in [6, 6.07) is 5.17. The second-order valence-corrected chi connectivity index (χ2v) is 6.20. The van der Waals surface area contributed by atoms with Gasteiger partial charge in [-0.05, 0) is 12.1 Å². The molecule has 9 nitrogen and oxygen atoms in total. The molecule has 1 aliphatic heterocycles. The molecule has 2 aromatic rings. The number of hydrogen-bond acceptors (Lipinski definition) is 8. The van der Waals surface area contributed by atoms with Crippen molar-refractivity contribution < 1.29 is 19.0 Å². The van der Waals surface area contributed by atoms with Crippen LogP contribution in [-0.2, 0) is 4.74 Å². The van der Waals surface area contributed by atoms with Crippen LogP contribution in [0.3, 0.4) is 0 Å². The van der Waals surface area contributed by atoms with Crippen LogP contribution in [0.25, 0.3) is 0 Å². The van der Waals surface area contributed by atoms with Crippen LogP contribution in [0.4, 0.5) is 11.6 Å². The molecule has 1 fully saturated rings. The second kappa shape index (κ2) is 9.86. The molecule has 0 aliphatic carbocycles. The van der Waals surface area contributed by atoms with Crippen molar-refractivity contribution in [3.8, 4) is 11.5 Å². The molecule has 28 heavy (non-hydrogen) atoms. The highest BCUT2D eigenvalue weighted by Gasteiger charge is 2.13. The molecule has 2 heterocycles. The van der Waals surface area contributed by atoms with E-state index in [2.05, 4.69) is 25.5 Å². The molecule has 1 aliphatic rings. The first-order valence-corrected chi connectivity index (χ1v) is 9.09. The van der Waals surface area contributed by atoms with Crippen molar-refractivity contribution >= 4 is 17.5 Å². The summed E-state index contributed by atoms with van der Waals surface area (Å²) in [4.78, 5) is 23.2. The van der Waals surface area contributed by atoms with Crippen LogP contribution in [0.15, 0.2) is 30.6 Å². The maximum atomic E-state index is 12.5. The molecule has 0 radical (unpaired) electrons. The highest BCUT2D eigenvalue weighted by molar-refractivity contribution is 6.04. The number of rotatable bonds is 8. The molecule has 9 heteroatoms. The lowest BCUT2D eigenvalue weighted by Gasteiger charge is -2.26. The number of methoxy groups -OCH3 is 2. The van der Waals surface area contributed by atoms with Gasteiger partial charge in [0.1, 0.15) is 11.5 Å². The van der Waals surface area contributed by atoms with E-state index >= 15 is 0 Å². The predicted molar refractivity (Wildman–Crippen MR) is 105 cm³/mol. The predicted octanol–water partition coefficient (Wildman–Crippen LogP) is 1.49. The maximum Gasteiger partial charge on any atom is 0.258 e. The van der Waals surface area contributed by atoms with Crippen LogP contribution < -0.4 is 20.1 Å². The van der Waals surface area contributed by atoms with Crippen LogP contribution >= 0.6 is 0 Å². The van der Waals surface area contributed by atoms with Gasteiger partial charge < -0.3 is 24.8 Å². The number of carbonyl (C=O) groups is 1. The molecule has 0 saturated carbocycles. The number of hydrogen-bond donors (Lipinski definition) is 2. The topological polar surface area (TPSA) is 97.8 Å². The minimum Gasteiger partial charge on any atom is -0.497 e. The molecular formula is C19H25N5O4. The maximum absolute atomic E-state index is 12.5. The monoisotopic (exact) mass is 387 g/mol. The number of ether oxygens (including phenoxy) is 3. The molecule has 1 amide bonds. The third-order valence-corrected chi connectivity index (χ3v) is 4.39. The standard InChI is InChI=1S/C19H25N5O4/c1-26-15-3-4-16(17(11-15)27-2)23-18(25)14-12-21-19(22-13-14)20-5-6-24-7-9-28-10-8-24/h3-4,11-13H,5-10H2,1-2H3,(H,23,25)(H,20,21,22). The summed E-state index contributed by atoms with van der Waals surface area (Å²) in [6.07, 6.45) is 2.99. The Hall–Kier alpha value is -2.91. The van der Waals surface area contributed by atoms with Crippen LogP contribution in [0.1, 0.15) is 10.4 Å². The van der Waals surface area contributed by atoms with Crippen molar-refractivity contribution in [2.24, 2.45) is 0 Å². The smallest absolute Gasteiger partial charge is 0.258 e. The summed E-state index contributed by atoms with van der Waals surface area (Å²) >= 11 is 0. The summed E-state index contributed by atoms with van der Waals surface area (Å²) in [5, 5.41) is 5.96. The van der Waals surface area contributed by atoms with Crippen LogP contribution in [0, 0.1) is 0 Å². The Morgan fingerprint density at radius 2 is 1.93 bits per heavy atom. The van der Waals surface area contributed by atoms with Crippen molar-refractivity contribution in [3.63, 3.8) is 0 Å². The van der Waals surface area contributed by atoms with Gasteiger partial charge in [0.2, 0.25) is 5.95 Å². The van der Waals surface area contributed by atoms with Crippen molar-refractivity contribution in [2.45, 2.75) is 0 Å². The average molecular weight is 387 g/mol. The van der Waals surface area contributed by atoms with Gasteiger partial charge in [-0.1, -0.05) is 0 Å². The van der Waals surface area contributed by atoms with Gasteiger partial charge >= 0.3 is 0 Å². The Morgan fingerprint density at radius 1 is 1.18 bits per heavy atom. The van der Waals surface area contributed by atoms with E-state index in [0.717, 1.165) is 39.4 Å². The molecule has 1 aromatic carbocycles. The van der Waals surface area contributed by atoms with E-state index < -0.39 is 0 Å². The fourth-order valence-corrected chi connectivity index (χ4v) is 2.78. The van der Waals surface area contributed by atoms with Gasteiger partial charge in [0.05, 0.1) is 38.7 Å². The second-order valence-electron chi connectivity index (χ2n) is 6.20. The summed E-state index contributed by atoms with van der Waals surface area (Å²) in [7, 11) is 3.10. The Morgan fingerprint density at radius 3 is 2.61 bits per heavy atom. The number of aromatic nitrogens is 2. The molecule has 0 atom stereocenters. The van der Waals surface area contributed by atoms with E-state index in [1.165, 1.54) is 19.5 Å². The molecule has 0 unspecified atom stereocenters. The lowest BCUT2D eigenvalue weighted by Crippen LogP contribution is -2.39. The van der Waals surface area contributed by atoms with E-state index in [-0.39, 0.29) is 5.91 Å². The minimum atomic E-state index is -0.316. The van der Waals surface area contributed by atoms with E-state index in [9.17, 15) is 4.79 Å². The first-order chi connectivity index (χ1) is 13.7. The fraction of sp³-hybridized carbons (Fsp3) is 0.421. The van der Waals surface area contributed by atoms with Crippen LogP contribution in [0.2, 0.25) is 0 Å². The fourth-order valence-electron chi connectivity index (χ4n) is 2.78. The molecule has 0 spiro atoms. The number of carbonyl (C=O) groups excluding carboxylic acids is 1. The number of amides is 1. The molecule has 150 valence electrons. The van der Waals surface area contributed by atoms with Crippen molar-refractivity contribution in [1.82, 2.24) is 14.9 Å². The molecular weight excluding hydrogens is 362 g/mol. The van der Waals surface area contributed by atoms with Crippen LogP contribution in [-0.4, -0.2) is 74.4 Å². The molecule has 0 bridgehead atoms. The number of nitrogens with one attached hydrogen (secondary N) is 2. The first kappa shape index (κ1) is 19.8. The summed E-state index contributed by atoms with van der Waals surface area (Å²) in [5.74, 6) is 1.33. The molecule has 2 N–H and O–H groups in total. The van der Waals surface area contributed by atoms with Gasteiger partial charge in [-0.3, -0.25) is 9.69 Å². The van der Waals surface area contributed by atoms with E-state index in [0.29, 0.717) is 28.7 Å². The number of benzene rings is 1. The van der Waals surface area contributed by atoms with Gasteiger partial charge in [0.15, 0.2) is 0 Å². The Labute approximate surface area is 164 Å². The largest absolute Gasteiger partial charge is 0.497 e. The van der Waals surface area contributed by atoms with Crippen molar-refractivity contribution in [3.05, 3.63) is 36.2 Å². The number of morpholine rings is 1. The minimum absolute atomic E-state index is 0.316. The average Bonchev–Trinajstić information content (AvgIpc) is 2.75. The Kier molecular flexibility index (Phi) is 6.99. The van der Waals surface area contributed by atoms with Crippen LogP contribution in [0.5, 0.6) is 11.5 Å². The van der Waals surface area contributed by atoms with Gasteiger partial charge in [-0.25, -0.2) is 9.97 Å². The van der Waals surface area contributed by atoms with Crippen molar-refractivity contribution in [2.75, 3.05) is 64.2 Å². The lowest BCUT2D eigenvalue weighted by atomic mass is 10.2. The zero-order valence-electron chi connectivity index (χ0n) is 16.1. The number of anilines is 2. The summed E-state index contributed by atoms with van der Waals surface area (Å²) < 4.78 is 15.8. The highest BCUT2D eigenvalue weighted by atomic mass is 16.5. The third kappa shape index (κ3) is 5.30. The normalized spacial score (nSPS) is 14.4. The van der Waals surface area contributed by atoms with E-state index in [4.69, 9.17) is 14.2 Å². The Balaban J connectivity index is 1.53. The Bertz CT molecular complexity index is 778. The van der Waals surface area contributed by atoms with E-state index in [1.807, 2.05) is 0 Å². The van der Waals surface area contributed by atoms with Gasteiger partial charge in [0.25, 0.3) is 5.91 Å². The van der Waals surface area contributed by atoms with Gasteiger partial charge in [-0.15, -0.1) is 0 Å². The first-order valence-electron chi connectivity index (χ1n) is 9.09. The summed E-state index contributed by atoms with van der Waals surface area (Å²) in [5.41, 5.74) is 0.901. The third-order valence-electron chi connectivity index (χ3n) is 4.39. The van der Waals surface area contributed by atoms with Gasteiger partial charge in [0, 0.05) is 44.6 Å². The zero-order chi connectivity index (χ0) is 19.8. The van der Waals surface area contributed by atoms with Gasteiger partial charge in [-0.2, -0.15) is 0 Å².